The number of carbonyl (C=O) groups excluding carboxylic acids is 1. The van der Waals surface area contributed by atoms with Crippen LogP contribution in [0, 0.1) is 12.8 Å². The predicted molar refractivity (Wildman–Crippen MR) is 91.8 cm³/mol. The van der Waals surface area contributed by atoms with E-state index in [-0.39, 0.29) is 11.8 Å². The summed E-state index contributed by atoms with van der Waals surface area (Å²) in [6.45, 7) is 11.3. The molecular weight excluding hydrogens is 290 g/mol. The standard InChI is InChI=1S/C17H27N5O/c1-13(2)16(23)21-10-8-20(9-11-21)15-12-14(3)18-17(19-15)22-6-4-5-7-22/h12-13H,4-11H2,1-3H3. The molecule has 3 rings (SSSR count). The number of piperazine rings is 1. The van der Waals surface area contributed by atoms with E-state index in [1.807, 2.05) is 25.7 Å². The van der Waals surface area contributed by atoms with Gasteiger partial charge < -0.3 is 14.7 Å². The Bertz CT molecular complexity index is 560. The fourth-order valence-corrected chi connectivity index (χ4v) is 3.28. The average molecular weight is 317 g/mol. The van der Waals surface area contributed by atoms with Crippen molar-refractivity contribution in [2.24, 2.45) is 5.92 Å². The summed E-state index contributed by atoms with van der Waals surface area (Å²) in [6.07, 6.45) is 2.45. The first-order chi connectivity index (χ1) is 11.0. The maximum atomic E-state index is 12.1. The summed E-state index contributed by atoms with van der Waals surface area (Å²) in [6, 6.07) is 2.06. The minimum atomic E-state index is 0.0737. The number of aryl methyl sites for hydroxylation is 1. The van der Waals surface area contributed by atoms with Gasteiger partial charge in [0.1, 0.15) is 5.82 Å². The molecule has 0 saturated carbocycles. The largest absolute Gasteiger partial charge is 0.353 e. The summed E-state index contributed by atoms with van der Waals surface area (Å²) < 4.78 is 0. The highest BCUT2D eigenvalue weighted by Crippen LogP contribution is 2.22. The molecule has 126 valence electrons. The van der Waals surface area contributed by atoms with Gasteiger partial charge in [0, 0.05) is 56.9 Å². The van der Waals surface area contributed by atoms with Crippen LogP contribution in [0.15, 0.2) is 6.07 Å². The maximum Gasteiger partial charge on any atom is 0.227 e. The molecule has 0 N–H and O–H groups in total. The summed E-state index contributed by atoms with van der Waals surface area (Å²) in [4.78, 5) is 28.0. The van der Waals surface area contributed by atoms with Gasteiger partial charge in [-0.2, -0.15) is 4.98 Å². The number of hydrogen-bond donors (Lipinski definition) is 0. The third kappa shape index (κ3) is 3.57. The van der Waals surface area contributed by atoms with Gasteiger partial charge in [0.25, 0.3) is 0 Å². The van der Waals surface area contributed by atoms with Crippen LogP contribution in [0.25, 0.3) is 0 Å². The third-order valence-corrected chi connectivity index (χ3v) is 4.63. The van der Waals surface area contributed by atoms with Crippen molar-refractivity contribution in [2.75, 3.05) is 49.1 Å². The van der Waals surface area contributed by atoms with Gasteiger partial charge in [0.2, 0.25) is 11.9 Å². The number of amides is 1. The maximum absolute atomic E-state index is 12.1. The van der Waals surface area contributed by atoms with Crippen LogP contribution in [0.3, 0.4) is 0 Å². The van der Waals surface area contributed by atoms with Gasteiger partial charge in [0.05, 0.1) is 0 Å². The highest BCUT2D eigenvalue weighted by atomic mass is 16.2. The Morgan fingerprint density at radius 3 is 2.26 bits per heavy atom. The van der Waals surface area contributed by atoms with Crippen molar-refractivity contribution in [3.05, 3.63) is 11.8 Å². The van der Waals surface area contributed by atoms with Crippen LogP contribution >= 0.6 is 0 Å². The molecule has 0 radical (unpaired) electrons. The van der Waals surface area contributed by atoms with Gasteiger partial charge in [-0.1, -0.05) is 13.8 Å². The van der Waals surface area contributed by atoms with Crippen LogP contribution in [0.4, 0.5) is 11.8 Å². The monoisotopic (exact) mass is 317 g/mol. The zero-order valence-corrected chi connectivity index (χ0v) is 14.5. The van der Waals surface area contributed by atoms with Crippen molar-refractivity contribution in [3.63, 3.8) is 0 Å². The lowest BCUT2D eigenvalue weighted by Gasteiger charge is -2.36. The highest BCUT2D eigenvalue weighted by Gasteiger charge is 2.24. The number of nitrogens with zero attached hydrogens (tertiary/aromatic N) is 5. The zero-order chi connectivity index (χ0) is 16.4. The Morgan fingerprint density at radius 1 is 1.00 bits per heavy atom. The SMILES string of the molecule is Cc1cc(N2CCN(C(=O)C(C)C)CC2)nc(N2CCCC2)n1. The Hall–Kier alpha value is -1.85. The second-order valence-corrected chi connectivity index (χ2v) is 6.83. The molecule has 6 nitrogen and oxygen atoms in total. The van der Waals surface area contributed by atoms with Gasteiger partial charge in [0.15, 0.2) is 0 Å². The fraction of sp³-hybridized carbons (Fsp3) is 0.706. The Balaban J connectivity index is 1.69. The molecule has 3 heterocycles. The summed E-state index contributed by atoms with van der Waals surface area (Å²) >= 11 is 0. The summed E-state index contributed by atoms with van der Waals surface area (Å²) in [5.74, 6) is 2.18. The molecule has 0 unspecified atom stereocenters. The first-order valence-electron chi connectivity index (χ1n) is 8.69. The third-order valence-electron chi connectivity index (χ3n) is 4.63. The molecule has 2 fully saturated rings. The Labute approximate surface area is 138 Å². The molecule has 2 aliphatic rings. The number of anilines is 2. The molecule has 23 heavy (non-hydrogen) atoms. The normalized spacial score (nSPS) is 18.9. The molecule has 2 aliphatic heterocycles. The predicted octanol–water partition coefficient (Wildman–Crippen LogP) is 1.69. The first kappa shape index (κ1) is 16.0. The first-order valence-corrected chi connectivity index (χ1v) is 8.69. The van der Waals surface area contributed by atoms with E-state index in [4.69, 9.17) is 4.98 Å². The number of rotatable bonds is 3. The molecule has 0 bridgehead atoms. The number of aromatic nitrogens is 2. The number of carbonyl (C=O) groups is 1. The van der Waals surface area contributed by atoms with Gasteiger partial charge in [-0.25, -0.2) is 4.98 Å². The zero-order valence-electron chi connectivity index (χ0n) is 14.5. The van der Waals surface area contributed by atoms with E-state index in [1.54, 1.807) is 0 Å². The molecule has 1 amide bonds. The molecule has 1 aromatic heterocycles. The highest BCUT2D eigenvalue weighted by molar-refractivity contribution is 5.78. The van der Waals surface area contributed by atoms with Crippen molar-refractivity contribution in [3.8, 4) is 0 Å². The molecule has 0 atom stereocenters. The van der Waals surface area contributed by atoms with E-state index in [1.165, 1.54) is 12.8 Å². The van der Waals surface area contributed by atoms with Gasteiger partial charge in [-0.15, -0.1) is 0 Å². The Kier molecular flexibility index (Phi) is 4.68. The van der Waals surface area contributed by atoms with E-state index < -0.39 is 0 Å². The quantitative estimate of drug-likeness (QED) is 0.849. The van der Waals surface area contributed by atoms with Crippen molar-refractivity contribution in [2.45, 2.75) is 33.6 Å². The molecule has 0 aliphatic carbocycles. The fourth-order valence-electron chi connectivity index (χ4n) is 3.28. The van der Waals surface area contributed by atoms with Crippen molar-refractivity contribution in [1.82, 2.24) is 14.9 Å². The summed E-state index contributed by atoms with van der Waals surface area (Å²) in [5, 5.41) is 0. The summed E-state index contributed by atoms with van der Waals surface area (Å²) in [7, 11) is 0. The lowest BCUT2D eigenvalue weighted by Crippen LogP contribution is -2.50. The minimum absolute atomic E-state index is 0.0737. The lowest BCUT2D eigenvalue weighted by atomic mass is 10.1. The van der Waals surface area contributed by atoms with Gasteiger partial charge in [-0.05, 0) is 19.8 Å². The lowest BCUT2D eigenvalue weighted by molar-refractivity contribution is -0.134. The number of hydrogen-bond acceptors (Lipinski definition) is 5. The van der Waals surface area contributed by atoms with Crippen molar-refractivity contribution in [1.29, 1.82) is 0 Å². The molecule has 2 saturated heterocycles. The van der Waals surface area contributed by atoms with Crippen molar-refractivity contribution < 1.29 is 4.79 Å². The van der Waals surface area contributed by atoms with Crippen LogP contribution in [-0.2, 0) is 4.79 Å². The molecule has 0 aromatic carbocycles. The second-order valence-electron chi connectivity index (χ2n) is 6.83. The van der Waals surface area contributed by atoms with Crippen molar-refractivity contribution >= 4 is 17.7 Å². The smallest absolute Gasteiger partial charge is 0.227 e. The van der Waals surface area contributed by atoms with E-state index in [0.717, 1.165) is 56.7 Å². The average Bonchev–Trinajstić information content (AvgIpc) is 3.08. The summed E-state index contributed by atoms with van der Waals surface area (Å²) in [5.41, 5.74) is 1.01. The van der Waals surface area contributed by atoms with Crippen LogP contribution in [0.1, 0.15) is 32.4 Å². The van der Waals surface area contributed by atoms with Crippen LogP contribution in [0.5, 0.6) is 0 Å². The van der Waals surface area contributed by atoms with Gasteiger partial charge >= 0.3 is 0 Å². The molecule has 6 heteroatoms. The molecular formula is C17H27N5O. The second kappa shape index (κ2) is 6.72. The molecule has 1 aromatic rings. The van der Waals surface area contributed by atoms with E-state index in [2.05, 4.69) is 20.9 Å². The Morgan fingerprint density at radius 2 is 1.65 bits per heavy atom. The van der Waals surface area contributed by atoms with Gasteiger partial charge in [-0.3, -0.25) is 4.79 Å². The van der Waals surface area contributed by atoms with Crippen LogP contribution in [0.2, 0.25) is 0 Å². The van der Waals surface area contributed by atoms with Crippen LogP contribution < -0.4 is 9.80 Å². The minimum Gasteiger partial charge on any atom is -0.353 e. The topological polar surface area (TPSA) is 52.6 Å². The van der Waals surface area contributed by atoms with E-state index in [9.17, 15) is 4.79 Å². The molecule has 0 spiro atoms. The van der Waals surface area contributed by atoms with Crippen LogP contribution in [-0.4, -0.2) is 60.0 Å². The van der Waals surface area contributed by atoms with E-state index >= 15 is 0 Å². The van der Waals surface area contributed by atoms with E-state index in [0.29, 0.717) is 0 Å².